The summed E-state index contributed by atoms with van der Waals surface area (Å²) >= 11 is 0. The first-order chi connectivity index (χ1) is 11.0. The van der Waals surface area contributed by atoms with E-state index in [0.29, 0.717) is 12.2 Å². The van der Waals surface area contributed by atoms with Crippen molar-refractivity contribution in [2.24, 2.45) is 5.92 Å². The Hall–Kier alpha value is -1.99. The highest BCUT2D eigenvalue weighted by Crippen LogP contribution is 2.24. The zero-order valence-electron chi connectivity index (χ0n) is 12.9. The fourth-order valence-electron chi connectivity index (χ4n) is 2.84. The van der Waals surface area contributed by atoms with Gasteiger partial charge >= 0.3 is 0 Å². The molecule has 1 fully saturated rings. The molecule has 1 aromatic rings. The van der Waals surface area contributed by atoms with Crippen LogP contribution in [0.3, 0.4) is 0 Å². The average molecular weight is 328 g/mol. The quantitative estimate of drug-likeness (QED) is 0.714. The molecule has 0 spiro atoms. The van der Waals surface area contributed by atoms with Crippen LogP contribution in [0.15, 0.2) is 12.5 Å². The Balaban J connectivity index is 1.71. The number of carbonyl (C=O) groups excluding carboxylic acids is 2. The van der Waals surface area contributed by atoms with Gasteiger partial charge in [0.2, 0.25) is 12.3 Å². The molecule has 1 aromatic heterocycles. The van der Waals surface area contributed by atoms with Crippen molar-refractivity contribution in [3.05, 3.63) is 18.2 Å². The average Bonchev–Trinajstić information content (AvgIpc) is 3.06. The molecule has 1 aliphatic carbocycles. The Bertz CT molecular complexity index is 508. The van der Waals surface area contributed by atoms with Gasteiger partial charge in [-0.15, -0.1) is 0 Å². The van der Waals surface area contributed by atoms with Crippen molar-refractivity contribution < 1.29 is 18.4 Å². The number of aromatic amines is 1. The van der Waals surface area contributed by atoms with Crippen LogP contribution in [0.1, 0.15) is 49.0 Å². The summed E-state index contributed by atoms with van der Waals surface area (Å²) in [6.45, 7) is 0.471. The summed E-state index contributed by atoms with van der Waals surface area (Å²) in [6.07, 6.45) is 3.52. The maximum absolute atomic E-state index is 12.1. The van der Waals surface area contributed by atoms with E-state index in [9.17, 15) is 18.4 Å². The lowest BCUT2D eigenvalue weighted by atomic mass is 9.85. The van der Waals surface area contributed by atoms with E-state index in [1.54, 1.807) is 0 Å². The molecule has 0 saturated heterocycles. The number of nitrogens with one attached hydrogen (secondary N) is 3. The number of rotatable bonds is 7. The van der Waals surface area contributed by atoms with Gasteiger partial charge in [-0.3, -0.25) is 9.59 Å². The largest absolute Gasteiger partial charge is 0.356 e. The first-order valence-corrected chi connectivity index (χ1v) is 7.88. The molecule has 0 bridgehead atoms. The molecule has 0 radical (unpaired) electrons. The van der Waals surface area contributed by atoms with E-state index >= 15 is 0 Å². The van der Waals surface area contributed by atoms with Crippen LogP contribution in [0.2, 0.25) is 0 Å². The van der Waals surface area contributed by atoms with E-state index in [0.717, 1.165) is 25.7 Å². The van der Waals surface area contributed by atoms with Gasteiger partial charge in [0.05, 0.1) is 12.5 Å². The smallest absolute Gasteiger partial charge is 0.269 e. The van der Waals surface area contributed by atoms with Crippen molar-refractivity contribution in [1.82, 2.24) is 20.6 Å². The lowest BCUT2D eigenvalue weighted by Gasteiger charge is -2.29. The Morgan fingerprint density at radius 3 is 2.91 bits per heavy atom. The van der Waals surface area contributed by atoms with Crippen molar-refractivity contribution in [3.8, 4) is 0 Å². The van der Waals surface area contributed by atoms with Crippen LogP contribution < -0.4 is 10.6 Å². The van der Waals surface area contributed by atoms with Crippen molar-refractivity contribution in [2.75, 3.05) is 6.54 Å². The number of amides is 2. The van der Waals surface area contributed by atoms with Gasteiger partial charge in [0.15, 0.2) is 0 Å². The molecular weight excluding hydrogens is 306 g/mol. The Labute approximate surface area is 133 Å². The van der Waals surface area contributed by atoms with Gasteiger partial charge in [0, 0.05) is 25.4 Å². The second-order valence-corrected chi connectivity index (χ2v) is 5.90. The molecule has 23 heavy (non-hydrogen) atoms. The normalized spacial score (nSPS) is 21.2. The fraction of sp³-hybridized carbons (Fsp3) is 0.667. The molecule has 3 N–H and O–H groups in total. The maximum Gasteiger partial charge on any atom is 0.269 e. The minimum atomic E-state index is -2.45. The van der Waals surface area contributed by atoms with Crippen LogP contribution in [-0.4, -0.2) is 40.8 Å². The summed E-state index contributed by atoms with van der Waals surface area (Å²) in [6, 6.07) is 0.0579. The van der Waals surface area contributed by atoms with Gasteiger partial charge in [0.1, 0.15) is 5.69 Å². The molecule has 0 aromatic carbocycles. The van der Waals surface area contributed by atoms with Gasteiger partial charge in [-0.05, 0) is 25.2 Å². The summed E-state index contributed by atoms with van der Waals surface area (Å²) in [5.74, 6) is -0.269. The number of H-pyrrole nitrogens is 1. The van der Waals surface area contributed by atoms with Crippen molar-refractivity contribution in [2.45, 2.75) is 51.0 Å². The second kappa shape index (κ2) is 8.59. The highest BCUT2D eigenvalue weighted by molar-refractivity contribution is 5.92. The Morgan fingerprint density at radius 1 is 1.39 bits per heavy atom. The van der Waals surface area contributed by atoms with E-state index in [1.807, 2.05) is 0 Å². The molecule has 0 unspecified atom stereocenters. The van der Waals surface area contributed by atoms with Gasteiger partial charge in [-0.25, -0.2) is 13.8 Å². The minimum Gasteiger partial charge on any atom is -0.356 e. The van der Waals surface area contributed by atoms with Gasteiger partial charge in [0.25, 0.3) is 5.91 Å². The van der Waals surface area contributed by atoms with E-state index in [2.05, 4.69) is 20.6 Å². The van der Waals surface area contributed by atoms with E-state index in [4.69, 9.17) is 0 Å². The predicted molar refractivity (Wildman–Crippen MR) is 80.0 cm³/mol. The highest BCUT2D eigenvalue weighted by Gasteiger charge is 2.24. The van der Waals surface area contributed by atoms with Crippen molar-refractivity contribution in [1.29, 1.82) is 0 Å². The number of imidazole rings is 1. The van der Waals surface area contributed by atoms with Gasteiger partial charge < -0.3 is 15.6 Å². The summed E-state index contributed by atoms with van der Waals surface area (Å²) in [5.41, 5.74) is 0.424. The number of hydrogen-bond acceptors (Lipinski definition) is 3. The molecule has 2 amide bonds. The standard InChI is InChI=1S/C15H22F2N4O2/c16-13(17)4-5-14(22)19-7-10-2-1-3-11(6-10)21-15(23)12-8-18-9-20-12/h8-11,13H,1-7H2,(H,18,20)(H,19,22)(H,21,23)/t10-,11+/m1/s1. The molecular formula is C15H22F2N4O2. The van der Waals surface area contributed by atoms with Crippen molar-refractivity contribution >= 4 is 11.8 Å². The van der Waals surface area contributed by atoms with Gasteiger partial charge in [-0.2, -0.15) is 0 Å². The van der Waals surface area contributed by atoms with Crippen LogP contribution in [-0.2, 0) is 4.79 Å². The number of hydrogen-bond donors (Lipinski definition) is 3. The van der Waals surface area contributed by atoms with Gasteiger partial charge in [-0.1, -0.05) is 6.42 Å². The Morgan fingerprint density at radius 2 is 2.22 bits per heavy atom. The highest BCUT2D eigenvalue weighted by atomic mass is 19.3. The second-order valence-electron chi connectivity index (χ2n) is 5.90. The third-order valence-corrected chi connectivity index (χ3v) is 4.04. The van der Waals surface area contributed by atoms with Crippen LogP contribution >= 0.6 is 0 Å². The molecule has 8 heteroatoms. The fourth-order valence-corrected chi connectivity index (χ4v) is 2.84. The van der Waals surface area contributed by atoms with Crippen molar-refractivity contribution in [3.63, 3.8) is 0 Å². The molecule has 1 heterocycles. The van der Waals surface area contributed by atoms with Crippen LogP contribution in [0.25, 0.3) is 0 Å². The zero-order chi connectivity index (χ0) is 16.7. The number of nitrogens with zero attached hydrogens (tertiary/aromatic N) is 1. The first kappa shape index (κ1) is 17.4. The summed E-state index contributed by atoms with van der Waals surface area (Å²) < 4.78 is 24.1. The summed E-state index contributed by atoms with van der Waals surface area (Å²) in [4.78, 5) is 30.0. The number of alkyl halides is 2. The number of carbonyl (C=O) groups is 2. The molecule has 6 nitrogen and oxygen atoms in total. The van der Waals surface area contributed by atoms with E-state index in [1.165, 1.54) is 12.5 Å². The molecule has 2 atom stereocenters. The lowest BCUT2D eigenvalue weighted by Crippen LogP contribution is -2.41. The maximum atomic E-state index is 12.1. The molecule has 1 aliphatic rings. The third kappa shape index (κ3) is 5.96. The molecule has 1 saturated carbocycles. The first-order valence-electron chi connectivity index (χ1n) is 7.88. The molecule has 0 aliphatic heterocycles. The topological polar surface area (TPSA) is 86.9 Å². The minimum absolute atomic E-state index is 0.0579. The summed E-state index contributed by atoms with van der Waals surface area (Å²) in [7, 11) is 0. The third-order valence-electron chi connectivity index (χ3n) is 4.04. The molecule has 128 valence electrons. The summed E-state index contributed by atoms with van der Waals surface area (Å²) in [5, 5.41) is 5.66. The lowest BCUT2D eigenvalue weighted by molar-refractivity contribution is -0.122. The van der Waals surface area contributed by atoms with E-state index in [-0.39, 0.29) is 30.2 Å². The Kier molecular flexibility index (Phi) is 6.49. The van der Waals surface area contributed by atoms with Crippen LogP contribution in [0.5, 0.6) is 0 Å². The predicted octanol–water partition coefficient (Wildman–Crippen LogP) is 1.86. The SMILES string of the molecule is O=C(CCC(F)F)NC[C@@H]1CCC[C@H](NC(=O)c2cnc[nH]2)C1. The van der Waals surface area contributed by atoms with E-state index < -0.39 is 12.8 Å². The number of halogens is 2. The zero-order valence-corrected chi connectivity index (χ0v) is 12.9. The van der Waals surface area contributed by atoms with Crippen LogP contribution in [0.4, 0.5) is 8.78 Å². The monoisotopic (exact) mass is 328 g/mol. The van der Waals surface area contributed by atoms with Crippen LogP contribution in [0, 0.1) is 5.92 Å². The molecule has 2 rings (SSSR count). The number of aromatic nitrogens is 2.